The summed E-state index contributed by atoms with van der Waals surface area (Å²) in [5, 5.41) is 2.82. The van der Waals surface area contributed by atoms with Crippen molar-refractivity contribution < 1.29 is 9.59 Å². The van der Waals surface area contributed by atoms with Crippen molar-refractivity contribution in [2.24, 2.45) is 0 Å². The Morgan fingerprint density at radius 3 is 2.05 bits per heavy atom. The van der Waals surface area contributed by atoms with Crippen LogP contribution in [0.2, 0.25) is 0 Å². The molecule has 0 unspecified atom stereocenters. The third-order valence-corrected chi connectivity index (χ3v) is 2.46. The number of hydrogen-bond donors (Lipinski definition) is 1. The first-order valence-corrected chi connectivity index (χ1v) is 6.43. The monoisotopic (exact) mass is 262 g/mol. The van der Waals surface area contributed by atoms with Crippen molar-refractivity contribution in [2.75, 3.05) is 0 Å². The Morgan fingerprint density at radius 2 is 1.63 bits per heavy atom. The number of nitrogens with zero attached hydrogens (tertiary/aromatic N) is 1. The third kappa shape index (κ3) is 4.39. The Bertz CT molecular complexity index is 447. The molecule has 1 N–H and O–H groups in total. The van der Waals surface area contributed by atoms with Gasteiger partial charge in [-0.25, -0.2) is 4.79 Å². The highest BCUT2D eigenvalue weighted by Gasteiger charge is 2.27. The van der Waals surface area contributed by atoms with Gasteiger partial charge in [-0.1, -0.05) is 18.2 Å². The number of imide groups is 1. The quantitative estimate of drug-likeness (QED) is 0.890. The van der Waals surface area contributed by atoms with E-state index in [2.05, 4.69) is 5.32 Å². The Labute approximate surface area is 114 Å². The lowest BCUT2D eigenvalue weighted by Crippen LogP contribution is -2.53. The second kappa shape index (κ2) is 5.87. The number of hydrogen-bond acceptors (Lipinski definition) is 2. The van der Waals surface area contributed by atoms with Gasteiger partial charge in [0, 0.05) is 17.1 Å². The summed E-state index contributed by atoms with van der Waals surface area (Å²) >= 11 is 0. The molecule has 0 spiro atoms. The topological polar surface area (TPSA) is 49.4 Å². The Hall–Kier alpha value is -1.84. The lowest BCUT2D eigenvalue weighted by molar-refractivity contribution is 0.0756. The van der Waals surface area contributed by atoms with Crippen LogP contribution in [-0.2, 0) is 0 Å². The van der Waals surface area contributed by atoms with Crippen LogP contribution in [0.25, 0.3) is 0 Å². The highest BCUT2D eigenvalue weighted by Crippen LogP contribution is 2.10. The van der Waals surface area contributed by atoms with Crippen LogP contribution < -0.4 is 5.32 Å². The number of urea groups is 1. The van der Waals surface area contributed by atoms with Crippen LogP contribution in [0.1, 0.15) is 45.0 Å². The Morgan fingerprint density at radius 1 is 1.11 bits per heavy atom. The molecule has 0 saturated heterocycles. The van der Waals surface area contributed by atoms with Crippen molar-refractivity contribution in [3.63, 3.8) is 0 Å². The summed E-state index contributed by atoms with van der Waals surface area (Å²) in [6.07, 6.45) is 0. The van der Waals surface area contributed by atoms with E-state index in [-0.39, 0.29) is 23.5 Å². The Kier molecular flexibility index (Phi) is 4.70. The molecular weight excluding hydrogens is 240 g/mol. The van der Waals surface area contributed by atoms with Crippen molar-refractivity contribution in [3.8, 4) is 0 Å². The highest BCUT2D eigenvalue weighted by molar-refractivity contribution is 6.04. The zero-order chi connectivity index (χ0) is 14.6. The van der Waals surface area contributed by atoms with Gasteiger partial charge in [0.15, 0.2) is 0 Å². The molecule has 0 heterocycles. The maximum absolute atomic E-state index is 12.4. The number of amides is 3. The normalized spacial score (nSPS) is 11.3. The molecule has 0 bridgehead atoms. The largest absolute Gasteiger partial charge is 0.333 e. The molecule has 104 valence electrons. The van der Waals surface area contributed by atoms with E-state index in [0.717, 1.165) is 0 Å². The smallest absolute Gasteiger partial charge is 0.325 e. The number of carbonyl (C=O) groups is 2. The molecule has 1 aromatic rings. The number of carbonyl (C=O) groups excluding carboxylic acids is 2. The van der Waals surface area contributed by atoms with Crippen LogP contribution in [0, 0.1) is 0 Å². The lowest BCUT2D eigenvalue weighted by Gasteiger charge is -2.29. The summed E-state index contributed by atoms with van der Waals surface area (Å²) in [5.74, 6) is -0.280. The molecular formula is C15H22N2O2. The van der Waals surface area contributed by atoms with Gasteiger partial charge in [0.1, 0.15) is 0 Å². The van der Waals surface area contributed by atoms with Gasteiger partial charge in [-0.2, -0.15) is 0 Å². The fraction of sp³-hybridized carbons (Fsp3) is 0.467. The molecule has 3 amide bonds. The molecule has 4 heteroatoms. The lowest BCUT2D eigenvalue weighted by atomic mass is 10.1. The van der Waals surface area contributed by atoms with Crippen LogP contribution in [0.4, 0.5) is 4.79 Å². The van der Waals surface area contributed by atoms with Crippen LogP contribution in [0.3, 0.4) is 0 Å². The molecule has 19 heavy (non-hydrogen) atoms. The van der Waals surface area contributed by atoms with Crippen molar-refractivity contribution in [2.45, 2.75) is 46.2 Å². The zero-order valence-electron chi connectivity index (χ0n) is 12.2. The summed E-state index contributed by atoms with van der Waals surface area (Å²) in [4.78, 5) is 25.8. The third-order valence-electron chi connectivity index (χ3n) is 2.46. The van der Waals surface area contributed by atoms with Crippen LogP contribution in [0.15, 0.2) is 30.3 Å². The molecule has 0 fully saturated rings. The van der Waals surface area contributed by atoms with E-state index in [1.165, 1.54) is 4.90 Å². The van der Waals surface area contributed by atoms with Crippen molar-refractivity contribution in [3.05, 3.63) is 35.9 Å². The molecule has 0 radical (unpaired) electrons. The molecule has 4 nitrogen and oxygen atoms in total. The minimum Gasteiger partial charge on any atom is -0.333 e. The van der Waals surface area contributed by atoms with E-state index >= 15 is 0 Å². The number of nitrogens with one attached hydrogen (secondary N) is 1. The summed E-state index contributed by atoms with van der Waals surface area (Å²) in [6.45, 7) is 9.30. The van der Waals surface area contributed by atoms with Crippen LogP contribution in [0.5, 0.6) is 0 Å². The van der Waals surface area contributed by atoms with Gasteiger partial charge in [-0.05, 0) is 46.8 Å². The first kappa shape index (κ1) is 15.2. The molecule has 1 rings (SSSR count). The molecule has 0 saturated carbocycles. The minimum atomic E-state index is -0.374. The molecule has 0 aliphatic rings. The maximum atomic E-state index is 12.4. The van der Waals surface area contributed by atoms with Crippen molar-refractivity contribution in [1.82, 2.24) is 10.2 Å². The van der Waals surface area contributed by atoms with E-state index in [0.29, 0.717) is 5.56 Å². The van der Waals surface area contributed by atoms with E-state index in [1.807, 2.05) is 40.7 Å². The predicted octanol–water partition coefficient (Wildman–Crippen LogP) is 3.05. The molecule has 0 aromatic heterocycles. The van der Waals surface area contributed by atoms with Gasteiger partial charge in [0.05, 0.1) is 0 Å². The SMILES string of the molecule is CC(C)N(C(=O)NC(C)(C)C)C(=O)c1ccccc1. The average molecular weight is 262 g/mol. The Balaban J connectivity index is 2.96. The first-order chi connectivity index (χ1) is 8.72. The van der Waals surface area contributed by atoms with Crippen LogP contribution in [-0.4, -0.2) is 28.4 Å². The summed E-state index contributed by atoms with van der Waals surface area (Å²) in [6, 6.07) is 8.27. The summed E-state index contributed by atoms with van der Waals surface area (Å²) in [7, 11) is 0. The first-order valence-electron chi connectivity index (χ1n) is 6.43. The van der Waals surface area contributed by atoms with Gasteiger partial charge >= 0.3 is 6.03 Å². The number of benzene rings is 1. The van der Waals surface area contributed by atoms with E-state index in [1.54, 1.807) is 24.3 Å². The summed E-state index contributed by atoms with van der Waals surface area (Å²) < 4.78 is 0. The van der Waals surface area contributed by atoms with Gasteiger partial charge in [0.2, 0.25) is 0 Å². The average Bonchev–Trinajstić information content (AvgIpc) is 2.27. The fourth-order valence-electron chi connectivity index (χ4n) is 1.66. The van der Waals surface area contributed by atoms with Gasteiger partial charge in [0.25, 0.3) is 5.91 Å². The van der Waals surface area contributed by atoms with Crippen molar-refractivity contribution in [1.29, 1.82) is 0 Å². The fourth-order valence-corrected chi connectivity index (χ4v) is 1.66. The van der Waals surface area contributed by atoms with Gasteiger partial charge < -0.3 is 5.32 Å². The van der Waals surface area contributed by atoms with Gasteiger partial charge in [-0.3, -0.25) is 9.69 Å². The standard InChI is InChI=1S/C15H22N2O2/c1-11(2)17(14(19)16-15(3,4)5)13(18)12-9-7-6-8-10-12/h6-11H,1-5H3,(H,16,19). The van der Waals surface area contributed by atoms with Crippen molar-refractivity contribution >= 4 is 11.9 Å². The number of rotatable bonds is 2. The van der Waals surface area contributed by atoms with Crippen LogP contribution >= 0.6 is 0 Å². The molecule has 0 aliphatic carbocycles. The predicted molar refractivity (Wildman–Crippen MR) is 76.0 cm³/mol. The zero-order valence-corrected chi connectivity index (χ0v) is 12.2. The van der Waals surface area contributed by atoms with E-state index in [9.17, 15) is 9.59 Å². The molecule has 0 aliphatic heterocycles. The minimum absolute atomic E-state index is 0.199. The highest BCUT2D eigenvalue weighted by atomic mass is 16.2. The maximum Gasteiger partial charge on any atom is 0.325 e. The van der Waals surface area contributed by atoms with E-state index in [4.69, 9.17) is 0 Å². The molecule has 1 aromatic carbocycles. The van der Waals surface area contributed by atoms with E-state index < -0.39 is 0 Å². The van der Waals surface area contributed by atoms with Gasteiger partial charge in [-0.15, -0.1) is 0 Å². The molecule has 0 atom stereocenters. The summed E-state index contributed by atoms with van der Waals surface area (Å²) in [5.41, 5.74) is 0.140. The second-order valence-corrected chi connectivity index (χ2v) is 5.82. The second-order valence-electron chi connectivity index (χ2n) is 5.82.